The number of aromatic nitrogens is 1. The molecule has 1 aromatic rings. The summed E-state index contributed by atoms with van der Waals surface area (Å²) in [7, 11) is 2.92. The van der Waals surface area contributed by atoms with Crippen molar-refractivity contribution >= 4 is 28.5 Å². The molecule has 0 fully saturated rings. The number of urea groups is 1. The lowest BCUT2D eigenvalue weighted by Crippen LogP contribution is -2.49. The average Bonchev–Trinajstić information content (AvgIpc) is 2.79. The fourth-order valence-corrected chi connectivity index (χ4v) is 2.13. The van der Waals surface area contributed by atoms with Crippen LogP contribution in [0.5, 0.6) is 0 Å². The molecule has 0 aromatic carbocycles. The molecule has 0 bridgehead atoms. The summed E-state index contributed by atoms with van der Waals surface area (Å²) in [5.41, 5.74) is 6.25. The molecule has 0 saturated heterocycles. The van der Waals surface area contributed by atoms with E-state index < -0.39 is 12.0 Å². The van der Waals surface area contributed by atoms with Gasteiger partial charge in [0.05, 0.1) is 19.3 Å². The molecular weight excluding hydrogens is 280 g/mol. The third kappa shape index (κ3) is 4.37. The normalized spacial score (nSPS) is 12.1. The van der Waals surface area contributed by atoms with Crippen molar-refractivity contribution in [2.24, 2.45) is 5.92 Å². The Hall–Kier alpha value is -1.83. The van der Waals surface area contributed by atoms with Crippen molar-refractivity contribution in [3.05, 3.63) is 11.1 Å². The van der Waals surface area contributed by atoms with Crippen LogP contribution in [-0.4, -0.2) is 42.1 Å². The molecule has 112 valence electrons. The number of anilines is 1. The molecule has 1 rings (SSSR count). The van der Waals surface area contributed by atoms with Gasteiger partial charge in [-0.25, -0.2) is 14.6 Å². The first-order valence-corrected chi connectivity index (χ1v) is 7.02. The summed E-state index contributed by atoms with van der Waals surface area (Å²) in [6.07, 6.45) is 0. The highest BCUT2D eigenvalue weighted by Gasteiger charge is 2.26. The Morgan fingerprint density at radius 2 is 2.20 bits per heavy atom. The molecule has 0 aliphatic rings. The van der Waals surface area contributed by atoms with Crippen LogP contribution in [0.1, 0.15) is 19.5 Å². The van der Waals surface area contributed by atoms with Gasteiger partial charge in [-0.15, -0.1) is 11.3 Å². The van der Waals surface area contributed by atoms with Gasteiger partial charge in [0.2, 0.25) is 0 Å². The van der Waals surface area contributed by atoms with Gasteiger partial charge >= 0.3 is 12.0 Å². The monoisotopic (exact) mass is 300 g/mol. The zero-order valence-corrected chi connectivity index (χ0v) is 12.9. The molecule has 1 aromatic heterocycles. The highest BCUT2D eigenvalue weighted by Crippen LogP contribution is 2.12. The van der Waals surface area contributed by atoms with Crippen molar-refractivity contribution in [1.82, 2.24) is 15.2 Å². The van der Waals surface area contributed by atoms with Gasteiger partial charge in [0.25, 0.3) is 0 Å². The van der Waals surface area contributed by atoms with Crippen molar-refractivity contribution in [3.63, 3.8) is 0 Å². The Kier molecular flexibility index (Phi) is 5.75. The molecule has 0 radical (unpaired) electrons. The molecule has 0 aliphatic carbocycles. The maximum Gasteiger partial charge on any atom is 0.328 e. The summed E-state index contributed by atoms with van der Waals surface area (Å²) in [5, 5.41) is 4.90. The maximum absolute atomic E-state index is 12.0. The SMILES string of the molecule is COC(=O)[C@@H](NC(=O)N(C)Cc1csc(N)n1)C(C)C. The van der Waals surface area contributed by atoms with Crippen LogP contribution in [0.15, 0.2) is 5.38 Å². The smallest absolute Gasteiger partial charge is 0.328 e. The number of nitrogens with two attached hydrogens (primary N) is 1. The molecule has 3 N–H and O–H groups in total. The second-order valence-electron chi connectivity index (χ2n) is 4.73. The number of methoxy groups -OCH3 is 1. The van der Waals surface area contributed by atoms with E-state index in [9.17, 15) is 9.59 Å². The van der Waals surface area contributed by atoms with E-state index in [1.54, 1.807) is 12.4 Å². The topological polar surface area (TPSA) is 97.5 Å². The number of ether oxygens (including phenoxy) is 1. The number of esters is 1. The van der Waals surface area contributed by atoms with Crippen LogP contribution < -0.4 is 11.1 Å². The summed E-state index contributed by atoms with van der Waals surface area (Å²) in [6, 6.07) is -1.03. The fraction of sp³-hybridized carbons (Fsp3) is 0.583. The highest BCUT2D eigenvalue weighted by molar-refractivity contribution is 7.13. The molecule has 2 amide bonds. The molecule has 7 nitrogen and oxygen atoms in total. The van der Waals surface area contributed by atoms with Crippen LogP contribution in [0.25, 0.3) is 0 Å². The van der Waals surface area contributed by atoms with E-state index >= 15 is 0 Å². The number of nitrogens with one attached hydrogen (secondary N) is 1. The van der Waals surface area contributed by atoms with E-state index in [-0.39, 0.29) is 11.9 Å². The number of carbonyl (C=O) groups is 2. The van der Waals surface area contributed by atoms with Crippen molar-refractivity contribution in [1.29, 1.82) is 0 Å². The summed E-state index contributed by atoms with van der Waals surface area (Å²) in [4.78, 5) is 29.2. The number of thiazole rings is 1. The molecule has 0 spiro atoms. The van der Waals surface area contributed by atoms with Crippen LogP contribution in [0.4, 0.5) is 9.93 Å². The number of hydrogen-bond acceptors (Lipinski definition) is 6. The first-order chi connectivity index (χ1) is 9.35. The van der Waals surface area contributed by atoms with Crippen LogP contribution in [0, 0.1) is 5.92 Å². The molecule has 0 aliphatic heterocycles. The first kappa shape index (κ1) is 16.2. The minimum Gasteiger partial charge on any atom is -0.467 e. The lowest BCUT2D eigenvalue weighted by molar-refractivity contribution is -0.144. The quantitative estimate of drug-likeness (QED) is 0.793. The van der Waals surface area contributed by atoms with Gasteiger partial charge in [-0.1, -0.05) is 13.8 Å². The predicted molar refractivity (Wildman–Crippen MR) is 77.2 cm³/mol. The summed E-state index contributed by atoms with van der Waals surface area (Å²) in [6.45, 7) is 4.00. The fourth-order valence-electron chi connectivity index (χ4n) is 1.58. The largest absolute Gasteiger partial charge is 0.467 e. The minimum atomic E-state index is -0.671. The molecule has 20 heavy (non-hydrogen) atoms. The number of amides is 2. The van der Waals surface area contributed by atoms with Crippen LogP contribution in [0.2, 0.25) is 0 Å². The summed E-state index contributed by atoms with van der Waals surface area (Å²) < 4.78 is 4.68. The lowest BCUT2D eigenvalue weighted by Gasteiger charge is -2.23. The lowest BCUT2D eigenvalue weighted by atomic mass is 10.1. The standard InChI is InChI=1S/C12H20N4O3S/c1-7(2)9(10(17)19-4)15-12(18)16(3)5-8-6-20-11(13)14-8/h6-7,9H,5H2,1-4H3,(H2,13,14)(H,15,18)/t9-/m0/s1. The minimum absolute atomic E-state index is 0.0604. The van der Waals surface area contributed by atoms with Gasteiger partial charge in [0.15, 0.2) is 5.13 Å². The van der Waals surface area contributed by atoms with Gasteiger partial charge in [-0.05, 0) is 5.92 Å². The molecule has 8 heteroatoms. The zero-order chi connectivity index (χ0) is 15.3. The van der Waals surface area contributed by atoms with Crippen molar-refractivity contribution in [2.75, 3.05) is 19.9 Å². The second-order valence-corrected chi connectivity index (χ2v) is 5.62. The van der Waals surface area contributed by atoms with E-state index in [1.165, 1.54) is 23.3 Å². The Labute approximate surface area is 122 Å². The van der Waals surface area contributed by atoms with E-state index in [4.69, 9.17) is 5.73 Å². The van der Waals surface area contributed by atoms with Gasteiger partial charge in [0, 0.05) is 12.4 Å². The molecule has 0 saturated carbocycles. The van der Waals surface area contributed by atoms with Gasteiger partial charge in [0.1, 0.15) is 6.04 Å². The Morgan fingerprint density at radius 1 is 1.55 bits per heavy atom. The van der Waals surface area contributed by atoms with Gasteiger partial charge < -0.3 is 20.7 Å². The average molecular weight is 300 g/mol. The summed E-state index contributed by atoms with van der Waals surface area (Å²) >= 11 is 1.32. The van der Waals surface area contributed by atoms with Crippen molar-refractivity contribution in [3.8, 4) is 0 Å². The zero-order valence-electron chi connectivity index (χ0n) is 12.0. The van der Waals surface area contributed by atoms with E-state index in [0.29, 0.717) is 17.4 Å². The van der Waals surface area contributed by atoms with Gasteiger partial charge in [-0.3, -0.25) is 0 Å². The van der Waals surface area contributed by atoms with E-state index in [1.807, 2.05) is 13.8 Å². The second kappa shape index (κ2) is 7.09. The Morgan fingerprint density at radius 3 is 2.65 bits per heavy atom. The number of hydrogen-bond donors (Lipinski definition) is 2. The molecule has 1 heterocycles. The van der Waals surface area contributed by atoms with Gasteiger partial charge in [-0.2, -0.15) is 0 Å². The molecule has 1 atom stereocenters. The maximum atomic E-state index is 12.0. The third-order valence-electron chi connectivity index (χ3n) is 2.72. The van der Waals surface area contributed by atoms with Crippen LogP contribution in [-0.2, 0) is 16.1 Å². The Balaban J connectivity index is 2.61. The Bertz CT molecular complexity index is 475. The number of rotatable bonds is 5. The van der Waals surface area contributed by atoms with Crippen LogP contribution in [0.3, 0.4) is 0 Å². The van der Waals surface area contributed by atoms with Crippen LogP contribution >= 0.6 is 11.3 Å². The van der Waals surface area contributed by atoms with Crippen molar-refractivity contribution in [2.45, 2.75) is 26.4 Å². The van der Waals surface area contributed by atoms with E-state index in [2.05, 4.69) is 15.0 Å². The molecule has 0 unspecified atom stereocenters. The predicted octanol–water partition coefficient (Wildman–Crippen LogP) is 1.06. The highest BCUT2D eigenvalue weighted by atomic mass is 32.1. The number of carbonyl (C=O) groups excluding carboxylic acids is 2. The molecular formula is C12H20N4O3S. The van der Waals surface area contributed by atoms with Crippen molar-refractivity contribution < 1.29 is 14.3 Å². The first-order valence-electron chi connectivity index (χ1n) is 6.14. The summed E-state index contributed by atoms with van der Waals surface area (Å²) in [5.74, 6) is -0.519. The third-order valence-corrected chi connectivity index (χ3v) is 3.44. The van der Waals surface area contributed by atoms with E-state index in [0.717, 1.165) is 0 Å². The number of nitrogen functional groups attached to an aromatic ring is 1. The number of nitrogens with zero attached hydrogens (tertiary/aromatic N) is 2.